The van der Waals surface area contributed by atoms with E-state index in [1.807, 2.05) is 0 Å². The van der Waals surface area contributed by atoms with Crippen LogP contribution in [0.1, 0.15) is 12.3 Å². The predicted molar refractivity (Wildman–Crippen MR) is 93.6 cm³/mol. The van der Waals surface area contributed by atoms with E-state index in [1.165, 1.54) is 12.1 Å². The van der Waals surface area contributed by atoms with Crippen molar-refractivity contribution in [1.29, 1.82) is 0 Å². The van der Waals surface area contributed by atoms with Gasteiger partial charge in [-0.2, -0.15) is 0 Å². The summed E-state index contributed by atoms with van der Waals surface area (Å²) in [6, 6.07) is 13.2. The Morgan fingerprint density at radius 3 is 2.68 bits per heavy atom. The van der Waals surface area contributed by atoms with Crippen LogP contribution in [0.15, 0.2) is 57.8 Å². The summed E-state index contributed by atoms with van der Waals surface area (Å²) in [5, 5.41) is 2.71. The van der Waals surface area contributed by atoms with E-state index in [1.54, 1.807) is 43.3 Å². The molecule has 0 bridgehead atoms. The Morgan fingerprint density at radius 2 is 1.92 bits per heavy atom. The molecule has 1 heterocycles. The molecule has 0 saturated heterocycles. The van der Waals surface area contributed by atoms with E-state index < -0.39 is 10.0 Å². The fraction of sp³-hybridized carbons (Fsp3) is 0.176. The quantitative estimate of drug-likeness (QED) is 0.704. The van der Waals surface area contributed by atoms with Crippen LogP contribution in [-0.4, -0.2) is 25.9 Å². The maximum Gasteiger partial charge on any atom is 0.240 e. The minimum atomic E-state index is -3.61. The maximum atomic E-state index is 12.1. The Hall–Kier alpha value is -2.71. The fourth-order valence-corrected chi connectivity index (χ4v) is 3.38. The molecule has 2 N–H and O–H groups in total. The minimum Gasteiger partial charge on any atom is -0.441 e. The number of rotatable bonds is 6. The molecule has 0 saturated carbocycles. The van der Waals surface area contributed by atoms with E-state index in [2.05, 4.69) is 15.0 Å². The van der Waals surface area contributed by atoms with Crippen LogP contribution in [0.4, 0.5) is 5.69 Å². The van der Waals surface area contributed by atoms with Crippen LogP contribution >= 0.6 is 0 Å². The summed E-state index contributed by atoms with van der Waals surface area (Å²) < 4.78 is 31.9. The van der Waals surface area contributed by atoms with Gasteiger partial charge in [0.1, 0.15) is 5.52 Å². The molecule has 0 radical (unpaired) electrons. The van der Waals surface area contributed by atoms with Crippen molar-refractivity contribution in [3.8, 4) is 0 Å². The SMILES string of the molecule is Cc1nc2cc(NC(=O)CCNS(=O)(=O)c3ccccc3)ccc2o1. The number of hydrogen-bond donors (Lipinski definition) is 2. The summed E-state index contributed by atoms with van der Waals surface area (Å²) in [6.07, 6.45) is 0.0158. The zero-order valence-electron chi connectivity index (χ0n) is 13.5. The molecule has 0 unspecified atom stereocenters. The molecule has 2 aromatic carbocycles. The second kappa shape index (κ2) is 7.04. The number of aryl methyl sites for hydroxylation is 1. The predicted octanol–water partition coefficient (Wildman–Crippen LogP) is 2.44. The first-order chi connectivity index (χ1) is 11.9. The maximum absolute atomic E-state index is 12.1. The lowest BCUT2D eigenvalue weighted by Gasteiger charge is -2.07. The van der Waals surface area contributed by atoms with Gasteiger partial charge in [0.05, 0.1) is 4.90 Å². The molecular formula is C17H17N3O4S. The summed E-state index contributed by atoms with van der Waals surface area (Å²) in [5.41, 5.74) is 1.88. The van der Waals surface area contributed by atoms with E-state index in [-0.39, 0.29) is 23.8 Å². The monoisotopic (exact) mass is 359 g/mol. The highest BCUT2D eigenvalue weighted by atomic mass is 32.2. The first kappa shape index (κ1) is 17.1. The van der Waals surface area contributed by atoms with Gasteiger partial charge in [-0.3, -0.25) is 4.79 Å². The van der Waals surface area contributed by atoms with Crippen LogP contribution in [-0.2, 0) is 14.8 Å². The van der Waals surface area contributed by atoms with Gasteiger partial charge in [-0.25, -0.2) is 18.1 Å². The third kappa shape index (κ3) is 4.23. The molecule has 3 rings (SSSR count). The third-order valence-electron chi connectivity index (χ3n) is 3.48. The van der Waals surface area contributed by atoms with Crippen LogP contribution in [0.5, 0.6) is 0 Å². The molecule has 0 spiro atoms. The number of carbonyl (C=O) groups excluding carboxylic acids is 1. The minimum absolute atomic E-state index is 0.00831. The molecule has 7 nitrogen and oxygen atoms in total. The van der Waals surface area contributed by atoms with Crippen molar-refractivity contribution in [1.82, 2.24) is 9.71 Å². The first-order valence-electron chi connectivity index (χ1n) is 7.66. The second-order valence-corrected chi connectivity index (χ2v) is 7.19. The van der Waals surface area contributed by atoms with Crippen molar-refractivity contribution in [2.45, 2.75) is 18.2 Å². The number of anilines is 1. The molecule has 25 heavy (non-hydrogen) atoms. The summed E-state index contributed by atoms with van der Waals surface area (Å²) in [7, 11) is -3.61. The number of carbonyl (C=O) groups is 1. The van der Waals surface area contributed by atoms with E-state index in [9.17, 15) is 13.2 Å². The molecule has 3 aromatic rings. The molecule has 8 heteroatoms. The van der Waals surface area contributed by atoms with Crippen molar-refractivity contribution in [3.63, 3.8) is 0 Å². The fourth-order valence-electron chi connectivity index (χ4n) is 2.33. The van der Waals surface area contributed by atoms with Gasteiger partial charge in [0.25, 0.3) is 0 Å². The second-order valence-electron chi connectivity index (χ2n) is 5.42. The molecule has 0 aliphatic carbocycles. The topological polar surface area (TPSA) is 101 Å². The van der Waals surface area contributed by atoms with Crippen LogP contribution < -0.4 is 10.0 Å². The number of oxazole rings is 1. The van der Waals surface area contributed by atoms with Gasteiger partial charge in [-0.05, 0) is 30.3 Å². The summed E-state index contributed by atoms with van der Waals surface area (Å²) in [6.45, 7) is 1.76. The van der Waals surface area contributed by atoms with Crippen molar-refractivity contribution in [2.75, 3.05) is 11.9 Å². The number of aromatic nitrogens is 1. The largest absolute Gasteiger partial charge is 0.441 e. The number of amides is 1. The Kier molecular flexibility index (Phi) is 4.82. The number of fused-ring (bicyclic) bond motifs is 1. The normalized spacial score (nSPS) is 11.6. The van der Waals surface area contributed by atoms with Crippen molar-refractivity contribution >= 4 is 32.7 Å². The summed E-state index contributed by atoms with van der Waals surface area (Å²) >= 11 is 0. The molecule has 1 aromatic heterocycles. The van der Waals surface area contributed by atoms with Crippen LogP contribution in [0.2, 0.25) is 0 Å². The first-order valence-corrected chi connectivity index (χ1v) is 9.14. The average molecular weight is 359 g/mol. The van der Waals surface area contributed by atoms with E-state index in [4.69, 9.17) is 4.42 Å². The smallest absolute Gasteiger partial charge is 0.240 e. The zero-order valence-corrected chi connectivity index (χ0v) is 14.3. The molecule has 0 fully saturated rings. The summed E-state index contributed by atoms with van der Waals surface area (Å²) in [4.78, 5) is 16.4. The Morgan fingerprint density at radius 1 is 1.16 bits per heavy atom. The van der Waals surface area contributed by atoms with E-state index >= 15 is 0 Å². The van der Waals surface area contributed by atoms with Crippen LogP contribution in [0.25, 0.3) is 11.1 Å². The lowest BCUT2D eigenvalue weighted by Crippen LogP contribution is -2.27. The van der Waals surface area contributed by atoms with Gasteiger partial charge in [-0.15, -0.1) is 0 Å². The zero-order chi connectivity index (χ0) is 17.9. The van der Waals surface area contributed by atoms with Crippen molar-refractivity contribution in [3.05, 3.63) is 54.4 Å². The Labute approximate surface area is 145 Å². The number of nitrogens with zero attached hydrogens (tertiary/aromatic N) is 1. The highest BCUT2D eigenvalue weighted by Gasteiger charge is 2.13. The van der Waals surface area contributed by atoms with Gasteiger partial charge < -0.3 is 9.73 Å². The molecule has 0 atom stereocenters. The van der Waals surface area contributed by atoms with Gasteiger partial charge in [0, 0.05) is 25.6 Å². The molecule has 130 valence electrons. The van der Waals surface area contributed by atoms with Gasteiger partial charge in [-0.1, -0.05) is 18.2 Å². The molecule has 1 amide bonds. The van der Waals surface area contributed by atoms with E-state index in [0.717, 1.165) is 0 Å². The third-order valence-corrected chi connectivity index (χ3v) is 4.95. The highest BCUT2D eigenvalue weighted by Crippen LogP contribution is 2.19. The molecule has 0 aliphatic rings. The van der Waals surface area contributed by atoms with Gasteiger partial charge in [0.2, 0.25) is 15.9 Å². The lowest BCUT2D eigenvalue weighted by atomic mass is 10.2. The van der Waals surface area contributed by atoms with E-state index in [0.29, 0.717) is 22.7 Å². The average Bonchev–Trinajstić information content (AvgIpc) is 2.95. The van der Waals surface area contributed by atoms with Crippen LogP contribution in [0.3, 0.4) is 0 Å². The summed E-state index contributed by atoms with van der Waals surface area (Å²) in [5.74, 6) is 0.254. The number of benzene rings is 2. The number of sulfonamides is 1. The van der Waals surface area contributed by atoms with Gasteiger partial charge >= 0.3 is 0 Å². The lowest BCUT2D eigenvalue weighted by molar-refractivity contribution is -0.116. The van der Waals surface area contributed by atoms with Crippen molar-refractivity contribution < 1.29 is 17.6 Å². The number of nitrogens with one attached hydrogen (secondary N) is 2. The number of hydrogen-bond acceptors (Lipinski definition) is 5. The highest BCUT2D eigenvalue weighted by molar-refractivity contribution is 7.89. The molecule has 0 aliphatic heterocycles. The molecular weight excluding hydrogens is 342 g/mol. The van der Waals surface area contributed by atoms with Gasteiger partial charge in [0.15, 0.2) is 11.5 Å². The van der Waals surface area contributed by atoms with Crippen molar-refractivity contribution in [2.24, 2.45) is 0 Å². The Balaban J connectivity index is 1.55. The standard InChI is InChI=1S/C17H17N3O4S/c1-12-19-15-11-13(7-8-16(15)24-12)20-17(21)9-10-18-25(22,23)14-5-3-2-4-6-14/h2-8,11,18H,9-10H2,1H3,(H,20,21). The van der Waals surface area contributed by atoms with Crippen LogP contribution in [0, 0.1) is 6.92 Å². The Bertz CT molecular complexity index is 997.